The molecule has 5 rings (SSSR count). The first-order chi connectivity index (χ1) is 12.8. The molecule has 1 aromatic heterocycles. The largest absolute Gasteiger partial charge is 0.349 e. The van der Waals surface area contributed by atoms with E-state index in [4.69, 9.17) is 16.6 Å². The summed E-state index contributed by atoms with van der Waals surface area (Å²) in [6.45, 7) is 0. The average molecular weight is 360 g/mol. The highest BCUT2D eigenvalue weighted by atomic mass is 35.5. The zero-order valence-electron chi connectivity index (χ0n) is 14.1. The lowest BCUT2D eigenvalue weighted by Gasteiger charge is -2.33. The molecule has 0 fully saturated rings. The molecule has 2 heterocycles. The second-order valence-corrected chi connectivity index (χ2v) is 7.14. The molecule has 0 radical (unpaired) electrons. The maximum absolute atomic E-state index is 6.07. The first kappa shape index (κ1) is 15.5. The molecule has 0 saturated carbocycles. The van der Waals surface area contributed by atoms with Crippen LogP contribution >= 0.6 is 11.6 Å². The van der Waals surface area contributed by atoms with Crippen LogP contribution in [0.4, 0.5) is 5.95 Å². The zero-order chi connectivity index (χ0) is 17.5. The van der Waals surface area contributed by atoms with Gasteiger partial charge in [-0.2, -0.15) is 0 Å². The number of para-hydroxylation sites is 2. The standard InChI is InChI=1S/C22H18ClN3/c23-17-12-10-15(11-13-17)19-14-21(16-6-2-1-3-7-16)26-20-9-5-4-8-18(20)24-22(26)25-19/h1-13,19,21H,14H2,(H,24,25)/t19-,21+/m0/s1. The van der Waals surface area contributed by atoms with E-state index >= 15 is 0 Å². The van der Waals surface area contributed by atoms with Gasteiger partial charge in [0.25, 0.3) is 0 Å². The highest BCUT2D eigenvalue weighted by Crippen LogP contribution is 2.41. The maximum atomic E-state index is 6.07. The number of nitrogens with one attached hydrogen (secondary N) is 1. The van der Waals surface area contributed by atoms with E-state index in [1.165, 1.54) is 16.6 Å². The molecule has 1 N–H and O–H groups in total. The summed E-state index contributed by atoms with van der Waals surface area (Å²) < 4.78 is 2.33. The maximum Gasteiger partial charge on any atom is 0.204 e. The number of anilines is 1. The first-order valence-corrected chi connectivity index (χ1v) is 9.21. The number of imidazole rings is 1. The minimum atomic E-state index is 0.196. The normalized spacial score (nSPS) is 19.1. The lowest BCUT2D eigenvalue weighted by atomic mass is 9.93. The number of hydrogen-bond donors (Lipinski definition) is 1. The van der Waals surface area contributed by atoms with Gasteiger partial charge in [0.15, 0.2) is 0 Å². The predicted octanol–water partition coefficient (Wildman–Crippen LogP) is 5.84. The molecule has 0 aliphatic carbocycles. The fraction of sp³-hybridized carbons (Fsp3) is 0.136. The van der Waals surface area contributed by atoms with Crippen LogP contribution in [0.2, 0.25) is 5.02 Å². The quantitative estimate of drug-likeness (QED) is 0.487. The van der Waals surface area contributed by atoms with Crippen molar-refractivity contribution in [1.29, 1.82) is 0 Å². The number of rotatable bonds is 2. The second kappa shape index (κ2) is 6.19. The highest BCUT2D eigenvalue weighted by molar-refractivity contribution is 6.30. The van der Waals surface area contributed by atoms with Crippen molar-refractivity contribution in [1.82, 2.24) is 9.55 Å². The Morgan fingerprint density at radius 2 is 1.58 bits per heavy atom. The van der Waals surface area contributed by atoms with Crippen molar-refractivity contribution in [2.45, 2.75) is 18.5 Å². The van der Waals surface area contributed by atoms with Gasteiger partial charge in [0.2, 0.25) is 5.95 Å². The summed E-state index contributed by atoms with van der Waals surface area (Å²) in [5, 5.41) is 4.39. The van der Waals surface area contributed by atoms with E-state index in [9.17, 15) is 0 Å². The van der Waals surface area contributed by atoms with Crippen molar-refractivity contribution in [3.8, 4) is 0 Å². The van der Waals surface area contributed by atoms with Crippen LogP contribution in [0.5, 0.6) is 0 Å². The second-order valence-electron chi connectivity index (χ2n) is 6.70. The van der Waals surface area contributed by atoms with Gasteiger partial charge in [0.1, 0.15) is 0 Å². The van der Waals surface area contributed by atoms with Crippen molar-refractivity contribution in [3.05, 3.63) is 95.0 Å². The molecule has 26 heavy (non-hydrogen) atoms. The van der Waals surface area contributed by atoms with E-state index in [1.54, 1.807) is 0 Å². The van der Waals surface area contributed by atoms with E-state index in [0.717, 1.165) is 22.9 Å². The number of nitrogens with zero attached hydrogens (tertiary/aromatic N) is 2. The summed E-state index contributed by atoms with van der Waals surface area (Å²) in [6, 6.07) is 27.5. The van der Waals surface area contributed by atoms with Gasteiger partial charge in [0.05, 0.1) is 23.1 Å². The number of benzene rings is 3. The number of hydrogen-bond acceptors (Lipinski definition) is 2. The Morgan fingerprint density at radius 3 is 2.38 bits per heavy atom. The van der Waals surface area contributed by atoms with E-state index in [-0.39, 0.29) is 12.1 Å². The Bertz CT molecular complexity index is 1050. The molecule has 1 aliphatic heterocycles. The topological polar surface area (TPSA) is 29.9 Å². The van der Waals surface area contributed by atoms with Gasteiger partial charge in [-0.25, -0.2) is 4.98 Å². The van der Waals surface area contributed by atoms with Gasteiger partial charge in [-0.1, -0.05) is 66.2 Å². The smallest absolute Gasteiger partial charge is 0.204 e. The minimum Gasteiger partial charge on any atom is -0.349 e. The van der Waals surface area contributed by atoms with Crippen LogP contribution in [0.3, 0.4) is 0 Å². The lowest BCUT2D eigenvalue weighted by Crippen LogP contribution is -2.27. The summed E-state index contributed by atoms with van der Waals surface area (Å²) in [6.07, 6.45) is 0.957. The van der Waals surface area contributed by atoms with Crippen molar-refractivity contribution in [3.63, 3.8) is 0 Å². The monoisotopic (exact) mass is 359 g/mol. The van der Waals surface area contributed by atoms with E-state index in [0.29, 0.717) is 0 Å². The van der Waals surface area contributed by atoms with Crippen LogP contribution in [-0.4, -0.2) is 9.55 Å². The summed E-state index contributed by atoms with van der Waals surface area (Å²) in [5.74, 6) is 0.922. The summed E-state index contributed by atoms with van der Waals surface area (Å²) in [4.78, 5) is 4.85. The van der Waals surface area contributed by atoms with Crippen molar-refractivity contribution in [2.75, 3.05) is 5.32 Å². The fourth-order valence-corrected chi connectivity index (χ4v) is 4.01. The molecule has 0 amide bonds. The van der Waals surface area contributed by atoms with Crippen LogP contribution in [0.1, 0.15) is 29.6 Å². The molecule has 0 unspecified atom stereocenters. The zero-order valence-corrected chi connectivity index (χ0v) is 14.9. The van der Waals surface area contributed by atoms with Gasteiger partial charge in [-0.15, -0.1) is 0 Å². The lowest BCUT2D eigenvalue weighted by molar-refractivity contribution is 0.477. The van der Waals surface area contributed by atoms with Gasteiger partial charge in [0, 0.05) is 5.02 Å². The molecular weight excluding hydrogens is 342 g/mol. The summed E-state index contributed by atoms with van der Waals surface area (Å²) in [5.41, 5.74) is 4.72. The van der Waals surface area contributed by atoms with Crippen LogP contribution < -0.4 is 5.32 Å². The molecule has 3 aromatic carbocycles. The van der Waals surface area contributed by atoms with Gasteiger partial charge in [-0.05, 0) is 41.8 Å². The van der Waals surface area contributed by atoms with Crippen LogP contribution in [-0.2, 0) is 0 Å². The Morgan fingerprint density at radius 1 is 0.846 bits per heavy atom. The minimum absolute atomic E-state index is 0.196. The van der Waals surface area contributed by atoms with E-state index in [2.05, 4.69) is 70.5 Å². The molecule has 0 spiro atoms. The van der Waals surface area contributed by atoms with Crippen LogP contribution in [0.15, 0.2) is 78.9 Å². The first-order valence-electron chi connectivity index (χ1n) is 8.83. The Balaban J connectivity index is 1.66. The Labute approximate surface area is 157 Å². The van der Waals surface area contributed by atoms with Crippen molar-refractivity contribution in [2.24, 2.45) is 0 Å². The average Bonchev–Trinajstić information content (AvgIpc) is 3.07. The van der Waals surface area contributed by atoms with Gasteiger partial charge >= 0.3 is 0 Å². The number of aromatic nitrogens is 2. The van der Waals surface area contributed by atoms with Crippen molar-refractivity contribution >= 4 is 28.6 Å². The van der Waals surface area contributed by atoms with Crippen LogP contribution in [0, 0.1) is 0 Å². The third-order valence-corrected chi connectivity index (χ3v) is 5.38. The highest BCUT2D eigenvalue weighted by Gasteiger charge is 2.30. The van der Waals surface area contributed by atoms with Gasteiger partial charge in [-0.3, -0.25) is 0 Å². The molecule has 1 aliphatic rings. The third-order valence-electron chi connectivity index (χ3n) is 5.13. The molecule has 128 valence electrons. The molecule has 4 heteroatoms. The fourth-order valence-electron chi connectivity index (χ4n) is 3.88. The van der Waals surface area contributed by atoms with E-state index < -0.39 is 0 Å². The number of halogens is 1. The molecular formula is C22H18ClN3. The Hall–Kier alpha value is -2.78. The molecule has 4 aromatic rings. The molecule has 0 saturated heterocycles. The Kier molecular flexibility index (Phi) is 3.68. The summed E-state index contributed by atoms with van der Waals surface area (Å²) >= 11 is 6.07. The van der Waals surface area contributed by atoms with Crippen molar-refractivity contribution < 1.29 is 0 Å². The summed E-state index contributed by atoms with van der Waals surface area (Å²) in [7, 11) is 0. The third kappa shape index (κ3) is 2.56. The van der Waals surface area contributed by atoms with E-state index in [1.807, 2.05) is 18.2 Å². The number of fused-ring (bicyclic) bond motifs is 3. The van der Waals surface area contributed by atoms with Crippen LogP contribution in [0.25, 0.3) is 11.0 Å². The van der Waals surface area contributed by atoms with Gasteiger partial charge < -0.3 is 9.88 Å². The molecule has 2 atom stereocenters. The predicted molar refractivity (Wildman–Crippen MR) is 107 cm³/mol. The molecule has 0 bridgehead atoms. The molecule has 3 nitrogen and oxygen atoms in total. The SMILES string of the molecule is Clc1ccc([C@@H]2C[C@H](c3ccccc3)n3c(nc4ccccc43)N2)cc1.